The van der Waals surface area contributed by atoms with Crippen LogP contribution in [0.2, 0.25) is 15.1 Å². The van der Waals surface area contributed by atoms with Gasteiger partial charge in [-0.25, -0.2) is 0 Å². The molecule has 0 saturated heterocycles. The molecule has 0 aliphatic carbocycles. The van der Waals surface area contributed by atoms with E-state index in [2.05, 4.69) is 15.8 Å². The van der Waals surface area contributed by atoms with E-state index in [0.29, 0.717) is 44.8 Å². The number of nitrogens with zero attached hydrogens (tertiary/aromatic N) is 1. The Morgan fingerprint density at radius 1 is 1.07 bits per heavy atom. The summed E-state index contributed by atoms with van der Waals surface area (Å²) in [7, 11) is 0. The summed E-state index contributed by atoms with van der Waals surface area (Å²) in [6.07, 6.45) is 1.60. The number of benzene rings is 2. The minimum atomic E-state index is 0.267. The van der Waals surface area contributed by atoms with E-state index < -0.39 is 0 Å². The number of nitrogens with one attached hydrogen (secondary N) is 2. The SMILES string of the molecule is CCNC(=S)NN=Cc1cc(Cl)c(OCc2ccc(Cl)c(Cl)c2)c(OCC)c1. The van der Waals surface area contributed by atoms with Crippen molar-refractivity contribution in [2.24, 2.45) is 5.10 Å². The molecule has 5 nitrogen and oxygen atoms in total. The number of ether oxygens (including phenoxy) is 2. The molecule has 0 aliphatic heterocycles. The Morgan fingerprint density at radius 2 is 1.86 bits per heavy atom. The summed E-state index contributed by atoms with van der Waals surface area (Å²) in [5.41, 5.74) is 4.32. The molecule has 2 aromatic carbocycles. The lowest BCUT2D eigenvalue weighted by Crippen LogP contribution is -2.31. The van der Waals surface area contributed by atoms with Crippen LogP contribution in [0, 0.1) is 0 Å². The van der Waals surface area contributed by atoms with Crippen molar-refractivity contribution in [3.05, 3.63) is 56.5 Å². The van der Waals surface area contributed by atoms with E-state index in [-0.39, 0.29) is 6.61 Å². The number of halogens is 3. The van der Waals surface area contributed by atoms with Crippen molar-refractivity contribution < 1.29 is 9.47 Å². The summed E-state index contributed by atoms with van der Waals surface area (Å²) < 4.78 is 11.6. The summed E-state index contributed by atoms with van der Waals surface area (Å²) in [4.78, 5) is 0. The molecule has 2 N–H and O–H groups in total. The van der Waals surface area contributed by atoms with Gasteiger partial charge >= 0.3 is 0 Å². The van der Waals surface area contributed by atoms with Crippen molar-refractivity contribution in [1.82, 2.24) is 10.7 Å². The van der Waals surface area contributed by atoms with Gasteiger partial charge in [-0.15, -0.1) is 0 Å². The fourth-order valence-corrected chi connectivity index (χ4v) is 3.01. The maximum atomic E-state index is 6.41. The Kier molecular flexibility index (Phi) is 9.12. The zero-order valence-corrected chi connectivity index (χ0v) is 18.5. The maximum Gasteiger partial charge on any atom is 0.186 e. The van der Waals surface area contributed by atoms with E-state index in [9.17, 15) is 0 Å². The molecule has 0 unspecified atom stereocenters. The highest BCUT2D eigenvalue weighted by Crippen LogP contribution is 2.37. The Balaban J connectivity index is 2.16. The smallest absolute Gasteiger partial charge is 0.186 e. The van der Waals surface area contributed by atoms with Crippen molar-refractivity contribution >= 4 is 58.3 Å². The zero-order chi connectivity index (χ0) is 20.5. The Hall–Kier alpha value is -1.73. The fourth-order valence-electron chi connectivity index (χ4n) is 2.22. The molecule has 0 atom stereocenters. The molecule has 28 heavy (non-hydrogen) atoms. The van der Waals surface area contributed by atoms with E-state index in [1.807, 2.05) is 19.9 Å². The van der Waals surface area contributed by atoms with Gasteiger partial charge in [0.2, 0.25) is 0 Å². The molecule has 0 aliphatic rings. The Morgan fingerprint density at radius 3 is 2.54 bits per heavy atom. The standard InChI is InChI=1S/C19H20Cl3N3O2S/c1-3-23-19(28)25-24-10-13-8-16(22)18(17(9-13)26-4-2)27-11-12-5-6-14(20)15(21)7-12/h5-10H,3-4,11H2,1-2H3,(H2,23,25,28). The van der Waals surface area contributed by atoms with Gasteiger partial charge in [-0.2, -0.15) is 5.10 Å². The van der Waals surface area contributed by atoms with Crippen LogP contribution in [0.25, 0.3) is 0 Å². The van der Waals surface area contributed by atoms with Crippen LogP contribution in [0.4, 0.5) is 0 Å². The first-order valence-corrected chi connectivity index (χ1v) is 10.1. The molecule has 0 radical (unpaired) electrons. The number of hydrazone groups is 1. The molecular weight excluding hydrogens is 441 g/mol. The minimum Gasteiger partial charge on any atom is -0.490 e. The highest BCUT2D eigenvalue weighted by atomic mass is 35.5. The third kappa shape index (κ3) is 6.71. The predicted molar refractivity (Wildman–Crippen MR) is 120 cm³/mol. The maximum absolute atomic E-state index is 6.41. The topological polar surface area (TPSA) is 54.9 Å². The first kappa shape index (κ1) is 22.6. The number of hydrogen-bond acceptors (Lipinski definition) is 4. The van der Waals surface area contributed by atoms with Crippen LogP contribution < -0.4 is 20.2 Å². The van der Waals surface area contributed by atoms with Gasteiger partial charge in [0, 0.05) is 6.54 Å². The number of thiocarbonyl (C=S) groups is 1. The lowest BCUT2D eigenvalue weighted by atomic mass is 10.2. The largest absolute Gasteiger partial charge is 0.490 e. The molecule has 2 aromatic rings. The molecule has 150 valence electrons. The van der Waals surface area contributed by atoms with Gasteiger partial charge in [0.1, 0.15) is 6.61 Å². The van der Waals surface area contributed by atoms with E-state index in [1.165, 1.54) is 0 Å². The molecule has 9 heteroatoms. The van der Waals surface area contributed by atoms with Gasteiger partial charge in [0.15, 0.2) is 16.6 Å². The molecule has 0 heterocycles. The monoisotopic (exact) mass is 459 g/mol. The second-order valence-electron chi connectivity index (χ2n) is 5.53. The van der Waals surface area contributed by atoms with E-state index >= 15 is 0 Å². The van der Waals surface area contributed by atoms with E-state index in [1.54, 1.807) is 30.5 Å². The van der Waals surface area contributed by atoms with Crippen molar-refractivity contribution in [1.29, 1.82) is 0 Å². The highest BCUT2D eigenvalue weighted by Gasteiger charge is 2.13. The van der Waals surface area contributed by atoms with Crippen LogP contribution in [0.1, 0.15) is 25.0 Å². The molecule has 2 rings (SSSR count). The van der Waals surface area contributed by atoms with Crippen molar-refractivity contribution in [3.63, 3.8) is 0 Å². The van der Waals surface area contributed by atoms with Gasteiger partial charge in [0.05, 0.1) is 27.9 Å². The average molecular weight is 461 g/mol. The van der Waals surface area contributed by atoms with Crippen LogP contribution >= 0.6 is 47.0 Å². The summed E-state index contributed by atoms with van der Waals surface area (Å²) in [5.74, 6) is 0.966. The molecule has 0 aromatic heterocycles. The lowest BCUT2D eigenvalue weighted by molar-refractivity contribution is 0.269. The third-order valence-electron chi connectivity index (χ3n) is 3.42. The quantitative estimate of drug-likeness (QED) is 0.312. The first-order valence-electron chi connectivity index (χ1n) is 8.54. The van der Waals surface area contributed by atoms with Gasteiger partial charge in [-0.3, -0.25) is 5.43 Å². The molecule has 0 saturated carbocycles. The van der Waals surface area contributed by atoms with Gasteiger partial charge < -0.3 is 14.8 Å². The van der Waals surface area contributed by atoms with Crippen LogP contribution in [-0.4, -0.2) is 24.5 Å². The second-order valence-corrected chi connectivity index (χ2v) is 7.16. The van der Waals surface area contributed by atoms with Gasteiger partial charge in [-0.05, 0) is 61.5 Å². The minimum absolute atomic E-state index is 0.267. The summed E-state index contributed by atoms with van der Waals surface area (Å²) in [6, 6.07) is 8.83. The summed E-state index contributed by atoms with van der Waals surface area (Å²) >= 11 is 23.5. The first-order chi connectivity index (χ1) is 13.4. The molecular formula is C19H20Cl3N3O2S. The fraction of sp³-hybridized carbons (Fsp3) is 0.263. The van der Waals surface area contributed by atoms with Crippen LogP contribution in [0.5, 0.6) is 11.5 Å². The van der Waals surface area contributed by atoms with Gasteiger partial charge in [-0.1, -0.05) is 40.9 Å². The molecule has 0 bridgehead atoms. The Bertz CT molecular complexity index is 863. The van der Waals surface area contributed by atoms with E-state index in [0.717, 1.165) is 11.1 Å². The number of hydrogen-bond donors (Lipinski definition) is 2. The highest BCUT2D eigenvalue weighted by molar-refractivity contribution is 7.80. The van der Waals surface area contributed by atoms with Gasteiger partial charge in [0.25, 0.3) is 0 Å². The second kappa shape index (κ2) is 11.3. The Labute approximate surface area is 185 Å². The van der Waals surface area contributed by atoms with Crippen LogP contribution in [0.3, 0.4) is 0 Å². The van der Waals surface area contributed by atoms with Crippen molar-refractivity contribution in [3.8, 4) is 11.5 Å². The molecule has 0 spiro atoms. The zero-order valence-electron chi connectivity index (χ0n) is 15.4. The lowest BCUT2D eigenvalue weighted by Gasteiger charge is -2.14. The average Bonchev–Trinajstić information content (AvgIpc) is 2.64. The van der Waals surface area contributed by atoms with Crippen molar-refractivity contribution in [2.45, 2.75) is 20.5 Å². The molecule has 0 amide bonds. The summed E-state index contributed by atoms with van der Waals surface area (Å²) in [6.45, 7) is 5.27. The number of rotatable bonds is 8. The molecule has 0 fully saturated rings. The van der Waals surface area contributed by atoms with Crippen LogP contribution in [0.15, 0.2) is 35.4 Å². The van der Waals surface area contributed by atoms with Crippen molar-refractivity contribution in [2.75, 3.05) is 13.2 Å². The third-order valence-corrected chi connectivity index (χ3v) is 4.67. The van der Waals surface area contributed by atoms with Crippen LogP contribution in [-0.2, 0) is 6.61 Å². The van der Waals surface area contributed by atoms with E-state index in [4.69, 9.17) is 56.5 Å². The normalized spacial score (nSPS) is 10.8. The predicted octanol–water partition coefficient (Wildman–Crippen LogP) is 5.44. The summed E-state index contributed by atoms with van der Waals surface area (Å²) in [5, 5.41) is 8.83.